The Kier molecular flexibility index (Phi) is 6.93. The molecule has 0 saturated carbocycles. The van der Waals surface area contributed by atoms with Gasteiger partial charge >= 0.3 is 6.09 Å². The van der Waals surface area contributed by atoms with Crippen LogP contribution in [0, 0.1) is 0 Å². The Hall–Kier alpha value is -2.18. The number of nitrogens with zero attached hydrogens (tertiary/aromatic N) is 3. The molecule has 0 aliphatic rings. The van der Waals surface area contributed by atoms with Gasteiger partial charge in [-0.1, -0.05) is 0 Å². The Morgan fingerprint density at radius 1 is 1.35 bits per heavy atom. The van der Waals surface area contributed by atoms with Crippen LogP contribution in [0.2, 0.25) is 0 Å². The molecule has 1 amide bonds. The van der Waals surface area contributed by atoms with Crippen molar-refractivity contribution >= 4 is 12.1 Å². The van der Waals surface area contributed by atoms with Crippen LogP contribution < -0.4 is 10.6 Å². The highest BCUT2D eigenvalue weighted by molar-refractivity contribution is 5.79. The summed E-state index contributed by atoms with van der Waals surface area (Å²) in [5, 5.41) is 5.93. The minimum Gasteiger partial charge on any atom is -0.444 e. The molecule has 0 fully saturated rings. The summed E-state index contributed by atoms with van der Waals surface area (Å²) in [4.78, 5) is 17.8. The summed E-state index contributed by atoms with van der Waals surface area (Å²) in [6, 6.07) is 4.10. The van der Waals surface area contributed by atoms with E-state index in [9.17, 15) is 4.79 Å². The van der Waals surface area contributed by atoms with E-state index >= 15 is 0 Å². The van der Waals surface area contributed by atoms with E-state index in [1.165, 1.54) is 5.69 Å². The molecule has 0 radical (unpaired) electrons. The topological polar surface area (TPSA) is 70.9 Å². The highest BCUT2D eigenvalue weighted by Gasteiger charge is 2.15. The first-order valence-electron chi connectivity index (χ1n) is 7.72. The zero-order valence-corrected chi connectivity index (χ0v) is 15.0. The highest BCUT2D eigenvalue weighted by Crippen LogP contribution is 2.06. The van der Waals surface area contributed by atoms with Crippen LogP contribution in [0.1, 0.15) is 26.5 Å². The molecule has 0 atom stereocenters. The van der Waals surface area contributed by atoms with Crippen LogP contribution in [-0.2, 0) is 18.3 Å². The van der Waals surface area contributed by atoms with Gasteiger partial charge in [-0.05, 0) is 32.9 Å². The van der Waals surface area contributed by atoms with Gasteiger partial charge in [0.1, 0.15) is 5.60 Å². The molecule has 7 nitrogen and oxygen atoms in total. The van der Waals surface area contributed by atoms with Gasteiger partial charge in [0.05, 0.1) is 6.54 Å². The van der Waals surface area contributed by atoms with Crippen LogP contribution in [0.25, 0.3) is 0 Å². The number of carbonyl (C=O) groups is 1. The van der Waals surface area contributed by atoms with Gasteiger partial charge in [0.25, 0.3) is 0 Å². The van der Waals surface area contributed by atoms with Crippen LogP contribution in [0.3, 0.4) is 0 Å². The number of carbonyl (C=O) groups excluding carboxylic acids is 1. The number of amides is 1. The Bertz CT molecular complexity index is 531. The second-order valence-electron chi connectivity index (χ2n) is 6.37. The summed E-state index contributed by atoms with van der Waals surface area (Å²) >= 11 is 0. The first-order chi connectivity index (χ1) is 10.7. The third kappa shape index (κ3) is 7.08. The summed E-state index contributed by atoms with van der Waals surface area (Å²) in [6.07, 6.45) is 1.61. The van der Waals surface area contributed by atoms with Gasteiger partial charge in [-0.15, -0.1) is 0 Å². The fourth-order valence-electron chi connectivity index (χ4n) is 2.02. The van der Waals surface area contributed by atoms with Crippen LogP contribution >= 0.6 is 0 Å². The molecule has 1 aromatic heterocycles. The first-order valence-corrected chi connectivity index (χ1v) is 7.72. The Morgan fingerprint density at radius 3 is 2.52 bits per heavy atom. The van der Waals surface area contributed by atoms with E-state index in [2.05, 4.69) is 26.3 Å². The Labute approximate surface area is 138 Å². The van der Waals surface area contributed by atoms with E-state index in [-0.39, 0.29) is 0 Å². The van der Waals surface area contributed by atoms with E-state index in [1.807, 2.05) is 52.0 Å². The molecule has 0 aliphatic heterocycles. The summed E-state index contributed by atoms with van der Waals surface area (Å²) in [5.41, 5.74) is 0.713. The number of guanidine groups is 1. The Balaban J connectivity index is 2.34. The average Bonchev–Trinajstić information content (AvgIpc) is 2.82. The van der Waals surface area contributed by atoms with Gasteiger partial charge in [0.15, 0.2) is 5.96 Å². The number of hydrogen-bond acceptors (Lipinski definition) is 3. The fraction of sp³-hybridized carbons (Fsp3) is 0.625. The average molecular weight is 323 g/mol. The van der Waals surface area contributed by atoms with Crippen molar-refractivity contribution in [2.24, 2.45) is 12.0 Å². The molecular formula is C16H29N5O2. The monoisotopic (exact) mass is 323 g/mol. The molecule has 1 aromatic rings. The number of aryl methyl sites for hydroxylation is 1. The lowest BCUT2D eigenvalue weighted by molar-refractivity contribution is 0.0529. The Morgan fingerprint density at radius 2 is 2.00 bits per heavy atom. The van der Waals surface area contributed by atoms with Crippen molar-refractivity contribution in [1.82, 2.24) is 20.1 Å². The van der Waals surface area contributed by atoms with E-state index in [0.29, 0.717) is 13.1 Å². The van der Waals surface area contributed by atoms with Crippen molar-refractivity contribution in [1.29, 1.82) is 0 Å². The molecule has 2 N–H and O–H groups in total. The smallest absolute Gasteiger partial charge is 0.407 e. The SMILES string of the molecule is CN=C(NCCNC(=O)OC(C)(C)C)N(C)Cc1cccn1C. The molecule has 130 valence electrons. The molecule has 0 aromatic carbocycles. The second-order valence-corrected chi connectivity index (χ2v) is 6.37. The number of ether oxygens (including phenoxy) is 1. The standard InChI is InChI=1S/C16H29N5O2/c1-16(2,3)23-15(22)19-10-9-18-14(17-4)21(6)12-13-8-7-11-20(13)5/h7-8,11H,9-10,12H2,1-6H3,(H,17,18)(H,19,22). The minimum atomic E-state index is -0.483. The molecule has 0 saturated heterocycles. The van der Waals surface area contributed by atoms with Crippen molar-refractivity contribution in [2.45, 2.75) is 32.9 Å². The predicted octanol–water partition coefficient (Wildman–Crippen LogP) is 1.56. The largest absolute Gasteiger partial charge is 0.444 e. The number of alkyl carbamates (subject to hydrolysis) is 1. The third-order valence-corrected chi connectivity index (χ3v) is 3.10. The lowest BCUT2D eigenvalue weighted by Crippen LogP contribution is -2.43. The van der Waals surface area contributed by atoms with Crippen LogP contribution in [0.15, 0.2) is 23.3 Å². The summed E-state index contributed by atoms with van der Waals surface area (Å²) < 4.78 is 7.26. The summed E-state index contributed by atoms with van der Waals surface area (Å²) in [7, 11) is 5.73. The lowest BCUT2D eigenvalue weighted by atomic mass is 10.2. The number of nitrogens with one attached hydrogen (secondary N) is 2. The fourth-order valence-corrected chi connectivity index (χ4v) is 2.02. The molecular weight excluding hydrogens is 294 g/mol. The molecule has 1 heterocycles. The maximum absolute atomic E-state index is 11.6. The molecule has 0 unspecified atom stereocenters. The first kappa shape index (κ1) is 18.9. The minimum absolute atomic E-state index is 0.411. The molecule has 23 heavy (non-hydrogen) atoms. The van der Waals surface area contributed by atoms with Gasteiger partial charge in [0, 0.05) is 46.1 Å². The van der Waals surface area contributed by atoms with Crippen molar-refractivity contribution < 1.29 is 9.53 Å². The van der Waals surface area contributed by atoms with Crippen molar-refractivity contribution in [3.63, 3.8) is 0 Å². The molecule has 0 bridgehead atoms. The summed E-state index contributed by atoms with van der Waals surface area (Å²) in [5.74, 6) is 0.775. The zero-order chi connectivity index (χ0) is 17.5. The quantitative estimate of drug-likeness (QED) is 0.490. The van der Waals surface area contributed by atoms with Crippen molar-refractivity contribution in [2.75, 3.05) is 27.2 Å². The molecule has 7 heteroatoms. The van der Waals surface area contributed by atoms with Crippen LogP contribution in [0.5, 0.6) is 0 Å². The number of aliphatic imine (C=N–C) groups is 1. The second kappa shape index (κ2) is 8.45. The van der Waals surface area contributed by atoms with Gasteiger partial charge in [-0.3, -0.25) is 4.99 Å². The maximum Gasteiger partial charge on any atom is 0.407 e. The zero-order valence-electron chi connectivity index (χ0n) is 15.0. The third-order valence-electron chi connectivity index (χ3n) is 3.10. The number of rotatable bonds is 5. The molecule has 1 rings (SSSR count). The van der Waals surface area contributed by atoms with Crippen molar-refractivity contribution in [3.8, 4) is 0 Å². The van der Waals surface area contributed by atoms with Gasteiger partial charge < -0.3 is 24.8 Å². The normalized spacial score (nSPS) is 12.0. The predicted molar refractivity (Wildman–Crippen MR) is 92.5 cm³/mol. The van der Waals surface area contributed by atoms with E-state index < -0.39 is 11.7 Å². The highest BCUT2D eigenvalue weighted by atomic mass is 16.6. The summed E-state index contributed by atoms with van der Waals surface area (Å²) in [6.45, 7) is 7.31. The van der Waals surface area contributed by atoms with Crippen molar-refractivity contribution in [3.05, 3.63) is 24.0 Å². The lowest BCUT2D eigenvalue weighted by Gasteiger charge is -2.23. The number of hydrogen-bond donors (Lipinski definition) is 2. The van der Waals surface area contributed by atoms with E-state index in [4.69, 9.17) is 4.74 Å². The molecule has 0 aliphatic carbocycles. The van der Waals surface area contributed by atoms with Crippen LogP contribution in [-0.4, -0.2) is 54.3 Å². The van der Waals surface area contributed by atoms with Gasteiger partial charge in [-0.25, -0.2) is 4.79 Å². The van der Waals surface area contributed by atoms with Crippen LogP contribution in [0.4, 0.5) is 4.79 Å². The van der Waals surface area contributed by atoms with Gasteiger partial charge in [-0.2, -0.15) is 0 Å². The van der Waals surface area contributed by atoms with Gasteiger partial charge in [0.2, 0.25) is 0 Å². The molecule has 0 spiro atoms. The maximum atomic E-state index is 11.6. The number of aromatic nitrogens is 1. The van der Waals surface area contributed by atoms with E-state index in [0.717, 1.165) is 12.5 Å². The van der Waals surface area contributed by atoms with E-state index in [1.54, 1.807) is 7.05 Å².